The average Bonchev–Trinajstić information content (AvgIpc) is 2.78. The molecule has 0 aliphatic heterocycles. The van der Waals surface area contributed by atoms with Crippen LogP contribution >= 0.6 is 0 Å². The van der Waals surface area contributed by atoms with E-state index in [-0.39, 0.29) is 5.41 Å². The molecule has 0 amide bonds. The Labute approximate surface area is 78.3 Å². The van der Waals surface area contributed by atoms with Crippen LogP contribution in [0.2, 0.25) is 0 Å². The first-order valence-corrected chi connectivity index (χ1v) is 4.82. The Hall–Kier alpha value is -0.830. The second kappa shape index (κ2) is 2.84. The lowest BCUT2D eigenvalue weighted by Gasteiger charge is -2.07. The van der Waals surface area contributed by atoms with E-state index >= 15 is 0 Å². The molecule has 0 spiro atoms. The van der Waals surface area contributed by atoms with E-state index in [0.29, 0.717) is 0 Å². The molecule has 2 N–H and O–H groups in total. The minimum Gasteiger partial charge on any atom is -0.445 e. The van der Waals surface area contributed by atoms with Gasteiger partial charge in [0, 0.05) is 5.41 Å². The lowest BCUT2D eigenvalue weighted by molar-refractivity contribution is 0.406. The lowest BCUT2D eigenvalue weighted by Crippen LogP contribution is -2.13. The van der Waals surface area contributed by atoms with Gasteiger partial charge in [0.1, 0.15) is 5.76 Å². The molecule has 0 aromatic carbocycles. The Morgan fingerprint density at radius 2 is 2.15 bits per heavy atom. The van der Waals surface area contributed by atoms with E-state index in [1.54, 1.807) is 0 Å². The molecule has 0 atom stereocenters. The largest absolute Gasteiger partial charge is 0.445 e. The summed E-state index contributed by atoms with van der Waals surface area (Å²) in [5.74, 6) is 1.85. The molecule has 2 rings (SSSR count). The topological polar surface area (TPSA) is 52.0 Å². The van der Waals surface area contributed by atoms with E-state index in [9.17, 15) is 0 Å². The predicted octanol–water partition coefficient (Wildman–Crippen LogP) is 1.67. The van der Waals surface area contributed by atoms with Crippen molar-refractivity contribution < 1.29 is 4.42 Å². The Morgan fingerprint density at radius 3 is 2.54 bits per heavy atom. The van der Waals surface area contributed by atoms with Gasteiger partial charge in [-0.25, -0.2) is 4.98 Å². The van der Waals surface area contributed by atoms with Crippen molar-refractivity contribution in [2.75, 3.05) is 6.54 Å². The lowest BCUT2D eigenvalue weighted by atomic mass is 10.0. The zero-order valence-electron chi connectivity index (χ0n) is 8.26. The van der Waals surface area contributed by atoms with Crippen molar-refractivity contribution in [3.8, 4) is 0 Å². The third-order valence-corrected chi connectivity index (χ3v) is 2.96. The van der Waals surface area contributed by atoms with Gasteiger partial charge in [0.25, 0.3) is 0 Å². The van der Waals surface area contributed by atoms with Crippen LogP contribution in [0.5, 0.6) is 0 Å². The van der Waals surface area contributed by atoms with Crippen LogP contribution < -0.4 is 5.73 Å². The first-order chi connectivity index (χ1) is 6.18. The summed E-state index contributed by atoms with van der Waals surface area (Å²) in [5.41, 5.74) is 6.78. The van der Waals surface area contributed by atoms with E-state index in [1.807, 2.05) is 13.8 Å². The molecule has 1 saturated carbocycles. The van der Waals surface area contributed by atoms with Crippen LogP contribution in [0.15, 0.2) is 4.42 Å². The maximum absolute atomic E-state index is 5.63. The second-order valence-corrected chi connectivity index (χ2v) is 3.98. The van der Waals surface area contributed by atoms with Gasteiger partial charge in [-0.3, -0.25) is 0 Å². The zero-order valence-corrected chi connectivity index (χ0v) is 8.26. The molecule has 1 fully saturated rings. The van der Waals surface area contributed by atoms with Crippen LogP contribution in [0.1, 0.15) is 36.6 Å². The maximum Gasteiger partial charge on any atom is 0.200 e. The number of aryl methyl sites for hydroxylation is 2. The molecule has 13 heavy (non-hydrogen) atoms. The van der Waals surface area contributed by atoms with Crippen molar-refractivity contribution in [1.82, 2.24) is 4.98 Å². The second-order valence-electron chi connectivity index (χ2n) is 3.98. The number of nitrogens with two attached hydrogens (primary N) is 1. The number of oxazole rings is 1. The van der Waals surface area contributed by atoms with E-state index < -0.39 is 0 Å². The van der Waals surface area contributed by atoms with Gasteiger partial charge < -0.3 is 10.2 Å². The number of aromatic nitrogens is 1. The minimum atomic E-state index is 0.202. The fourth-order valence-corrected chi connectivity index (χ4v) is 1.70. The van der Waals surface area contributed by atoms with Crippen molar-refractivity contribution in [3.05, 3.63) is 17.3 Å². The fraction of sp³-hybridized carbons (Fsp3) is 0.700. The minimum absolute atomic E-state index is 0.202. The summed E-state index contributed by atoms with van der Waals surface area (Å²) in [6.07, 6.45) is 3.37. The van der Waals surface area contributed by atoms with Gasteiger partial charge in [-0.05, 0) is 39.7 Å². The zero-order chi connectivity index (χ0) is 9.47. The highest BCUT2D eigenvalue weighted by molar-refractivity contribution is 5.19. The Balaban J connectivity index is 2.25. The van der Waals surface area contributed by atoms with Crippen molar-refractivity contribution >= 4 is 0 Å². The molecule has 1 heterocycles. The molecule has 1 aromatic rings. The van der Waals surface area contributed by atoms with Crippen molar-refractivity contribution in [2.24, 2.45) is 5.73 Å². The van der Waals surface area contributed by atoms with E-state index in [0.717, 1.165) is 30.3 Å². The molecule has 0 saturated heterocycles. The van der Waals surface area contributed by atoms with Gasteiger partial charge in [-0.15, -0.1) is 0 Å². The van der Waals surface area contributed by atoms with Crippen LogP contribution in [-0.2, 0) is 5.41 Å². The van der Waals surface area contributed by atoms with Crippen LogP contribution in [0.4, 0.5) is 0 Å². The van der Waals surface area contributed by atoms with Gasteiger partial charge in [-0.2, -0.15) is 0 Å². The quantitative estimate of drug-likeness (QED) is 0.769. The van der Waals surface area contributed by atoms with Crippen molar-refractivity contribution in [2.45, 2.75) is 38.5 Å². The molecule has 3 nitrogen and oxygen atoms in total. The molecule has 72 valence electrons. The summed E-state index contributed by atoms with van der Waals surface area (Å²) in [6, 6.07) is 0. The average molecular weight is 180 g/mol. The van der Waals surface area contributed by atoms with Crippen LogP contribution in [0.3, 0.4) is 0 Å². The van der Waals surface area contributed by atoms with Gasteiger partial charge >= 0.3 is 0 Å². The Kier molecular flexibility index (Phi) is 1.91. The summed E-state index contributed by atoms with van der Waals surface area (Å²) < 4.78 is 5.63. The van der Waals surface area contributed by atoms with Crippen molar-refractivity contribution in [3.63, 3.8) is 0 Å². The summed E-state index contributed by atoms with van der Waals surface area (Å²) in [4.78, 5) is 4.44. The molecule has 1 aliphatic carbocycles. The summed E-state index contributed by atoms with van der Waals surface area (Å²) >= 11 is 0. The van der Waals surface area contributed by atoms with Crippen LogP contribution in [-0.4, -0.2) is 11.5 Å². The van der Waals surface area contributed by atoms with Crippen LogP contribution in [0.25, 0.3) is 0 Å². The van der Waals surface area contributed by atoms with E-state index in [4.69, 9.17) is 10.2 Å². The third-order valence-electron chi connectivity index (χ3n) is 2.96. The van der Waals surface area contributed by atoms with E-state index in [2.05, 4.69) is 4.98 Å². The fourth-order valence-electron chi connectivity index (χ4n) is 1.70. The van der Waals surface area contributed by atoms with Crippen LogP contribution in [0, 0.1) is 13.8 Å². The monoisotopic (exact) mass is 180 g/mol. The standard InChI is InChI=1S/C10H16N2O/c1-7-8(2)13-9(12-7)10(3-4-10)5-6-11/h3-6,11H2,1-2H3. The number of rotatable bonds is 3. The Bertz CT molecular complexity index is 293. The molecule has 0 unspecified atom stereocenters. The summed E-state index contributed by atoms with van der Waals surface area (Å²) in [5, 5.41) is 0. The van der Waals surface area contributed by atoms with Gasteiger partial charge in [0.05, 0.1) is 5.69 Å². The number of nitrogens with zero attached hydrogens (tertiary/aromatic N) is 1. The van der Waals surface area contributed by atoms with Gasteiger partial charge in [0.15, 0.2) is 0 Å². The molecule has 3 heteroatoms. The Morgan fingerprint density at radius 1 is 1.46 bits per heavy atom. The van der Waals surface area contributed by atoms with E-state index in [1.165, 1.54) is 12.8 Å². The first kappa shape index (κ1) is 8.75. The molecule has 0 radical (unpaired) electrons. The molecular formula is C10H16N2O. The number of hydrogen-bond donors (Lipinski definition) is 1. The summed E-state index contributed by atoms with van der Waals surface area (Å²) in [7, 11) is 0. The summed E-state index contributed by atoms with van der Waals surface area (Å²) in [6.45, 7) is 4.67. The van der Waals surface area contributed by atoms with Gasteiger partial charge in [0.2, 0.25) is 5.89 Å². The first-order valence-electron chi connectivity index (χ1n) is 4.82. The molecule has 1 aliphatic rings. The predicted molar refractivity (Wildman–Crippen MR) is 50.6 cm³/mol. The highest BCUT2D eigenvalue weighted by Crippen LogP contribution is 2.50. The normalized spacial score (nSPS) is 19.0. The molecule has 1 aromatic heterocycles. The maximum atomic E-state index is 5.63. The van der Waals surface area contributed by atoms with Gasteiger partial charge in [-0.1, -0.05) is 0 Å². The highest BCUT2D eigenvalue weighted by Gasteiger charge is 2.47. The smallest absolute Gasteiger partial charge is 0.200 e. The number of hydrogen-bond acceptors (Lipinski definition) is 3. The molecule has 0 bridgehead atoms. The SMILES string of the molecule is Cc1nc(C2(CCN)CC2)oc1C. The third kappa shape index (κ3) is 1.37. The molecular weight excluding hydrogens is 164 g/mol. The highest BCUT2D eigenvalue weighted by atomic mass is 16.4. The van der Waals surface area contributed by atoms with Crippen molar-refractivity contribution in [1.29, 1.82) is 0 Å².